The van der Waals surface area contributed by atoms with E-state index in [0.717, 1.165) is 16.1 Å². The molecule has 122 valence electrons. The number of hydrogen-bond acceptors (Lipinski definition) is 7. The molecule has 3 aromatic heterocycles. The Morgan fingerprint density at radius 2 is 2.29 bits per heavy atom. The van der Waals surface area contributed by atoms with Crippen LogP contribution < -0.4 is 5.73 Å². The lowest BCUT2D eigenvalue weighted by molar-refractivity contribution is 0.0726. The second-order valence-corrected chi connectivity index (χ2v) is 6.57. The van der Waals surface area contributed by atoms with Crippen LogP contribution in [0.25, 0.3) is 10.8 Å². The van der Waals surface area contributed by atoms with Crippen molar-refractivity contribution < 1.29 is 9.21 Å². The van der Waals surface area contributed by atoms with Crippen LogP contribution >= 0.6 is 11.3 Å². The molecule has 2 N–H and O–H groups in total. The van der Waals surface area contributed by atoms with Gasteiger partial charge in [-0.05, 0) is 30.0 Å². The fourth-order valence-electron chi connectivity index (χ4n) is 2.77. The summed E-state index contributed by atoms with van der Waals surface area (Å²) in [6.45, 7) is 2.79. The number of anilines is 1. The maximum Gasteiger partial charge on any atom is 0.276 e. The van der Waals surface area contributed by atoms with Crippen LogP contribution in [0, 0.1) is 6.92 Å². The third-order valence-electron chi connectivity index (χ3n) is 3.98. The van der Waals surface area contributed by atoms with Crippen molar-refractivity contribution in [2.45, 2.75) is 19.9 Å². The number of nitrogens with zero attached hydrogens (tertiary/aromatic N) is 4. The van der Waals surface area contributed by atoms with Crippen molar-refractivity contribution in [3.05, 3.63) is 46.3 Å². The van der Waals surface area contributed by atoms with Crippen molar-refractivity contribution in [2.75, 3.05) is 12.3 Å². The van der Waals surface area contributed by atoms with Gasteiger partial charge in [-0.25, -0.2) is 4.98 Å². The zero-order valence-corrected chi connectivity index (χ0v) is 13.8. The Bertz CT molecular complexity index is 903. The summed E-state index contributed by atoms with van der Waals surface area (Å²) in [5.74, 6) is 1.24. The molecule has 24 heavy (non-hydrogen) atoms. The van der Waals surface area contributed by atoms with Crippen LogP contribution in [-0.4, -0.2) is 32.5 Å². The summed E-state index contributed by atoms with van der Waals surface area (Å²) in [4.78, 5) is 19.9. The van der Waals surface area contributed by atoms with Crippen LogP contribution in [0.1, 0.15) is 27.5 Å². The first-order valence-electron chi connectivity index (χ1n) is 7.53. The van der Waals surface area contributed by atoms with Gasteiger partial charge in [-0.15, -0.1) is 16.4 Å². The summed E-state index contributed by atoms with van der Waals surface area (Å²) in [6.07, 6.45) is 0.656. The average Bonchev–Trinajstić information content (AvgIpc) is 3.23. The molecule has 4 rings (SSSR count). The average molecular weight is 341 g/mol. The molecule has 0 spiro atoms. The first kappa shape index (κ1) is 14.8. The van der Waals surface area contributed by atoms with E-state index in [1.165, 1.54) is 11.3 Å². The number of aromatic nitrogens is 3. The largest absolute Gasteiger partial charge is 0.440 e. The van der Waals surface area contributed by atoms with Crippen LogP contribution in [0.2, 0.25) is 0 Å². The summed E-state index contributed by atoms with van der Waals surface area (Å²) < 4.78 is 5.67. The van der Waals surface area contributed by atoms with Crippen molar-refractivity contribution in [3.8, 4) is 10.8 Å². The quantitative estimate of drug-likeness (QED) is 0.768. The lowest BCUT2D eigenvalue weighted by Crippen LogP contribution is -2.37. The lowest BCUT2D eigenvalue weighted by atomic mass is 10.1. The fraction of sp³-hybridized carbons (Fsp3) is 0.250. The maximum atomic E-state index is 12.8. The van der Waals surface area contributed by atoms with Crippen LogP contribution in [-0.2, 0) is 13.0 Å². The first-order valence-corrected chi connectivity index (χ1v) is 8.41. The number of hydrogen-bond donors (Lipinski definition) is 1. The van der Waals surface area contributed by atoms with Gasteiger partial charge in [0, 0.05) is 19.5 Å². The zero-order valence-electron chi connectivity index (χ0n) is 13.0. The van der Waals surface area contributed by atoms with Gasteiger partial charge in [0.15, 0.2) is 5.69 Å². The standard InChI is InChI=1S/C16H15N5O2S/c1-9-14(18-15(23-9)12-3-2-6-24-12)16(22)21-5-4-11-10(8-21)7-13(17)20-19-11/h2-3,6-7H,4-5,8H2,1H3,(H2,17,20). The number of oxazole rings is 1. The summed E-state index contributed by atoms with van der Waals surface area (Å²) in [5.41, 5.74) is 7.88. The summed E-state index contributed by atoms with van der Waals surface area (Å²) in [7, 11) is 0. The highest BCUT2D eigenvalue weighted by Crippen LogP contribution is 2.27. The molecule has 4 heterocycles. The molecule has 0 saturated heterocycles. The first-order chi connectivity index (χ1) is 11.6. The highest BCUT2D eigenvalue weighted by molar-refractivity contribution is 7.13. The fourth-order valence-corrected chi connectivity index (χ4v) is 3.42. The number of nitrogens with two attached hydrogens (primary N) is 1. The van der Waals surface area contributed by atoms with Gasteiger partial charge < -0.3 is 15.1 Å². The third kappa shape index (κ3) is 2.54. The molecule has 0 unspecified atom stereocenters. The summed E-state index contributed by atoms with van der Waals surface area (Å²) in [6, 6.07) is 5.62. The maximum absolute atomic E-state index is 12.8. The Hall–Kier alpha value is -2.74. The second-order valence-electron chi connectivity index (χ2n) is 5.62. The van der Waals surface area contributed by atoms with Crippen LogP contribution in [0.15, 0.2) is 28.0 Å². The number of rotatable bonds is 2. The predicted molar refractivity (Wildman–Crippen MR) is 89.4 cm³/mol. The zero-order chi connectivity index (χ0) is 16.7. The Balaban J connectivity index is 1.61. The minimum Gasteiger partial charge on any atom is -0.440 e. The molecule has 0 fully saturated rings. The minimum absolute atomic E-state index is 0.139. The van der Waals surface area contributed by atoms with Gasteiger partial charge in [0.1, 0.15) is 11.6 Å². The number of aryl methyl sites for hydroxylation is 1. The van der Waals surface area contributed by atoms with E-state index in [1.807, 2.05) is 17.5 Å². The van der Waals surface area contributed by atoms with Gasteiger partial charge in [-0.3, -0.25) is 4.79 Å². The monoisotopic (exact) mass is 341 g/mol. The minimum atomic E-state index is -0.139. The van der Waals surface area contributed by atoms with Crippen LogP contribution in [0.3, 0.4) is 0 Å². The van der Waals surface area contributed by atoms with Gasteiger partial charge >= 0.3 is 0 Å². The Labute approximate surface area is 142 Å². The Morgan fingerprint density at radius 1 is 1.42 bits per heavy atom. The van der Waals surface area contributed by atoms with Gasteiger partial charge in [-0.1, -0.05) is 6.07 Å². The topological polar surface area (TPSA) is 98.1 Å². The third-order valence-corrected chi connectivity index (χ3v) is 4.83. The van der Waals surface area contributed by atoms with Gasteiger partial charge in [-0.2, -0.15) is 5.10 Å². The molecule has 1 aliphatic rings. The normalized spacial score (nSPS) is 13.8. The molecule has 3 aromatic rings. The molecule has 1 aliphatic heterocycles. The Kier molecular flexibility index (Phi) is 3.53. The van der Waals surface area contributed by atoms with E-state index in [0.29, 0.717) is 42.7 Å². The van der Waals surface area contributed by atoms with E-state index in [1.54, 1.807) is 17.9 Å². The van der Waals surface area contributed by atoms with Crippen molar-refractivity contribution in [3.63, 3.8) is 0 Å². The van der Waals surface area contributed by atoms with E-state index in [2.05, 4.69) is 15.2 Å². The molecule has 0 bridgehead atoms. The SMILES string of the molecule is Cc1oc(-c2cccs2)nc1C(=O)N1CCc2nnc(N)cc2C1. The van der Waals surface area contributed by atoms with Gasteiger partial charge in [0.2, 0.25) is 5.89 Å². The number of amides is 1. The van der Waals surface area contributed by atoms with Crippen molar-refractivity contribution in [1.82, 2.24) is 20.1 Å². The second kappa shape index (κ2) is 5.72. The smallest absolute Gasteiger partial charge is 0.276 e. The van der Waals surface area contributed by atoms with Crippen molar-refractivity contribution in [1.29, 1.82) is 0 Å². The Morgan fingerprint density at radius 3 is 3.08 bits per heavy atom. The van der Waals surface area contributed by atoms with Gasteiger partial charge in [0.05, 0.1) is 10.6 Å². The van der Waals surface area contributed by atoms with Crippen molar-refractivity contribution >= 4 is 23.1 Å². The molecule has 0 aromatic carbocycles. The highest BCUT2D eigenvalue weighted by atomic mass is 32.1. The molecule has 1 amide bonds. The number of nitrogen functional groups attached to an aromatic ring is 1. The number of fused-ring (bicyclic) bond motifs is 1. The van der Waals surface area contributed by atoms with Crippen LogP contribution in [0.4, 0.5) is 5.82 Å². The predicted octanol–water partition coefficient (Wildman–Crippen LogP) is 2.28. The molecular formula is C16H15N5O2S. The van der Waals surface area contributed by atoms with E-state index in [-0.39, 0.29) is 5.91 Å². The lowest BCUT2D eigenvalue weighted by Gasteiger charge is -2.27. The number of thiophene rings is 1. The van der Waals surface area contributed by atoms with Gasteiger partial charge in [0.25, 0.3) is 5.91 Å². The highest BCUT2D eigenvalue weighted by Gasteiger charge is 2.27. The van der Waals surface area contributed by atoms with E-state index < -0.39 is 0 Å². The molecule has 0 atom stereocenters. The molecule has 0 radical (unpaired) electrons. The molecular weight excluding hydrogens is 326 g/mol. The van der Waals surface area contributed by atoms with Crippen molar-refractivity contribution in [2.24, 2.45) is 0 Å². The summed E-state index contributed by atoms with van der Waals surface area (Å²) in [5, 5.41) is 9.91. The van der Waals surface area contributed by atoms with Crippen LogP contribution in [0.5, 0.6) is 0 Å². The van der Waals surface area contributed by atoms with E-state index in [9.17, 15) is 4.79 Å². The number of carbonyl (C=O) groups excluding carboxylic acids is 1. The summed E-state index contributed by atoms with van der Waals surface area (Å²) >= 11 is 1.53. The van der Waals surface area contributed by atoms with E-state index >= 15 is 0 Å². The van der Waals surface area contributed by atoms with E-state index in [4.69, 9.17) is 10.2 Å². The molecule has 8 heteroatoms. The molecule has 7 nitrogen and oxygen atoms in total. The molecule has 0 aliphatic carbocycles. The molecule has 0 saturated carbocycles. The number of carbonyl (C=O) groups is 1.